The quantitative estimate of drug-likeness (QED) is 0.242. The van der Waals surface area contributed by atoms with Crippen molar-refractivity contribution in [2.45, 2.75) is 24.9 Å². The molecule has 0 unspecified atom stereocenters. The largest absolute Gasteiger partial charge is 0.508 e. The average Bonchev–Trinajstić information content (AvgIpc) is 3.18. The van der Waals surface area contributed by atoms with Gasteiger partial charge in [-0.05, 0) is 78.1 Å². The van der Waals surface area contributed by atoms with Gasteiger partial charge in [0.1, 0.15) is 46.4 Å². The molecule has 7 nitrogen and oxygen atoms in total. The number of aromatic hydroxyl groups is 6. The Labute approximate surface area is 201 Å². The second kappa shape index (κ2) is 8.68. The van der Waals surface area contributed by atoms with Crippen LogP contribution in [-0.4, -0.2) is 30.6 Å². The molecule has 0 spiro atoms. The fourth-order valence-electron chi connectivity index (χ4n) is 4.68. The van der Waals surface area contributed by atoms with Gasteiger partial charge >= 0.3 is 0 Å². The second-order valence-corrected chi connectivity index (χ2v) is 8.74. The van der Waals surface area contributed by atoms with E-state index in [4.69, 9.17) is 4.74 Å². The van der Waals surface area contributed by atoms with Gasteiger partial charge in [0.25, 0.3) is 0 Å². The lowest BCUT2D eigenvalue weighted by Gasteiger charge is -2.21. The molecular weight excluding hydrogens is 448 g/mol. The molecule has 0 saturated carbocycles. The lowest BCUT2D eigenvalue weighted by atomic mass is 9.83. The van der Waals surface area contributed by atoms with Crippen LogP contribution in [0.15, 0.2) is 72.8 Å². The van der Waals surface area contributed by atoms with E-state index in [1.165, 1.54) is 30.3 Å². The standard InChI is InChI=1S/C28H24O7/c29-18-5-3-15(4-6-18)1-2-16-9-24(34)27-25(10-16)35-28(22-8-7-19(30)14-23(22)33)26(27)17-11-20(31)13-21(32)12-17/h3-14,26,28-34H,1-2H2/t26-,28+/m0/s1. The van der Waals surface area contributed by atoms with E-state index in [0.717, 1.165) is 11.1 Å². The third kappa shape index (κ3) is 4.36. The molecule has 5 rings (SSSR count). The monoisotopic (exact) mass is 472 g/mol. The van der Waals surface area contributed by atoms with Crippen molar-refractivity contribution in [1.82, 2.24) is 0 Å². The maximum Gasteiger partial charge on any atom is 0.138 e. The Morgan fingerprint density at radius 3 is 1.91 bits per heavy atom. The predicted octanol–water partition coefficient (Wildman–Crippen LogP) is 4.97. The Hall–Kier alpha value is -4.52. The fourth-order valence-corrected chi connectivity index (χ4v) is 4.68. The molecule has 0 aliphatic carbocycles. The minimum absolute atomic E-state index is 0.00296. The summed E-state index contributed by atoms with van der Waals surface area (Å²) in [7, 11) is 0. The maximum atomic E-state index is 11.1. The van der Waals surface area contributed by atoms with Crippen molar-refractivity contribution < 1.29 is 35.4 Å². The Morgan fingerprint density at radius 2 is 1.23 bits per heavy atom. The molecule has 7 heteroatoms. The first kappa shape index (κ1) is 22.3. The summed E-state index contributed by atoms with van der Waals surface area (Å²) < 4.78 is 6.25. The van der Waals surface area contributed by atoms with Gasteiger partial charge in [0.2, 0.25) is 0 Å². The second-order valence-electron chi connectivity index (χ2n) is 8.74. The van der Waals surface area contributed by atoms with Crippen LogP contribution in [0.2, 0.25) is 0 Å². The molecule has 0 amide bonds. The zero-order valence-electron chi connectivity index (χ0n) is 18.6. The minimum atomic E-state index is -0.787. The molecule has 0 aromatic heterocycles. The van der Waals surface area contributed by atoms with E-state index >= 15 is 0 Å². The molecule has 1 aliphatic rings. The summed E-state index contributed by atoms with van der Waals surface area (Å²) in [6, 6.07) is 18.8. The first-order valence-electron chi connectivity index (χ1n) is 11.1. The zero-order valence-corrected chi connectivity index (χ0v) is 18.6. The highest BCUT2D eigenvalue weighted by Crippen LogP contribution is 2.55. The third-order valence-corrected chi connectivity index (χ3v) is 6.29. The van der Waals surface area contributed by atoms with E-state index in [2.05, 4.69) is 0 Å². The van der Waals surface area contributed by atoms with Crippen LogP contribution in [0, 0.1) is 0 Å². The average molecular weight is 472 g/mol. The Morgan fingerprint density at radius 1 is 0.571 bits per heavy atom. The van der Waals surface area contributed by atoms with Gasteiger partial charge < -0.3 is 35.4 Å². The smallest absolute Gasteiger partial charge is 0.138 e. The van der Waals surface area contributed by atoms with Crippen molar-refractivity contribution in [3.63, 3.8) is 0 Å². The van der Waals surface area contributed by atoms with Gasteiger partial charge in [0.15, 0.2) is 0 Å². The predicted molar refractivity (Wildman–Crippen MR) is 128 cm³/mol. The summed E-state index contributed by atoms with van der Waals surface area (Å²) in [4.78, 5) is 0. The van der Waals surface area contributed by atoms with Gasteiger partial charge in [0, 0.05) is 23.3 Å². The summed E-state index contributed by atoms with van der Waals surface area (Å²) in [6.45, 7) is 0. The van der Waals surface area contributed by atoms with Crippen LogP contribution in [-0.2, 0) is 12.8 Å². The van der Waals surface area contributed by atoms with E-state index in [-0.39, 0.29) is 34.5 Å². The number of aryl methyl sites for hydroxylation is 2. The molecule has 0 fully saturated rings. The highest BCUT2D eigenvalue weighted by Gasteiger charge is 2.41. The number of hydrogen-bond acceptors (Lipinski definition) is 7. The lowest BCUT2D eigenvalue weighted by Crippen LogP contribution is -2.11. The van der Waals surface area contributed by atoms with Crippen molar-refractivity contribution in [2.24, 2.45) is 0 Å². The summed E-state index contributed by atoms with van der Waals surface area (Å²) in [5, 5.41) is 61.0. The Balaban J connectivity index is 1.55. The molecule has 0 radical (unpaired) electrons. The number of ether oxygens (including phenoxy) is 1. The molecule has 1 aliphatic heterocycles. The van der Waals surface area contributed by atoms with Crippen LogP contribution < -0.4 is 4.74 Å². The van der Waals surface area contributed by atoms with Crippen LogP contribution in [0.1, 0.15) is 39.8 Å². The highest BCUT2D eigenvalue weighted by atomic mass is 16.5. The number of phenols is 6. The number of fused-ring (bicyclic) bond motifs is 1. The summed E-state index contributed by atoms with van der Waals surface area (Å²) in [5.41, 5.74) is 3.22. The van der Waals surface area contributed by atoms with E-state index in [1.54, 1.807) is 24.3 Å². The molecule has 178 valence electrons. The molecule has 0 saturated heterocycles. The van der Waals surface area contributed by atoms with Crippen LogP contribution in [0.5, 0.6) is 40.2 Å². The topological polar surface area (TPSA) is 131 Å². The Bertz CT molecular complexity index is 1380. The van der Waals surface area contributed by atoms with Gasteiger partial charge in [0.05, 0.1) is 5.92 Å². The maximum absolute atomic E-state index is 11.1. The van der Waals surface area contributed by atoms with Crippen molar-refractivity contribution in [3.05, 3.63) is 101 Å². The SMILES string of the molecule is Oc1ccc(CCc2cc(O)c3c(c2)O[C@H](c2ccc(O)cc2O)[C@H]3c2cc(O)cc(O)c2)cc1. The molecule has 4 aromatic carbocycles. The van der Waals surface area contributed by atoms with E-state index in [9.17, 15) is 30.6 Å². The number of benzene rings is 4. The van der Waals surface area contributed by atoms with Crippen LogP contribution in [0.3, 0.4) is 0 Å². The van der Waals surface area contributed by atoms with Crippen molar-refractivity contribution in [2.75, 3.05) is 0 Å². The lowest BCUT2D eigenvalue weighted by molar-refractivity contribution is 0.216. The van der Waals surface area contributed by atoms with Gasteiger partial charge in [-0.1, -0.05) is 12.1 Å². The highest BCUT2D eigenvalue weighted by molar-refractivity contribution is 5.59. The normalized spacial score (nSPS) is 16.6. The van der Waals surface area contributed by atoms with E-state index < -0.39 is 12.0 Å². The molecule has 1 heterocycles. The van der Waals surface area contributed by atoms with Gasteiger partial charge in [-0.2, -0.15) is 0 Å². The van der Waals surface area contributed by atoms with Gasteiger partial charge in [-0.25, -0.2) is 0 Å². The zero-order chi connectivity index (χ0) is 24.7. The molecule has 6 N–H and O–H groups in total. The molecular formula is C28H24O7. The fraction of sp³-hybridized carbons (Fsp3) is 0.143. The van der Waals surface area contributed by atoms with Crippen molar-refractivity contribution in [1.29, 1.82) is 0 Å². The molecule has 35 heavy (non-hydrogen) atoms. The summed E-state index contributed by atoms with van der Waals surface area (Å²) in [5.74, 6) is -0.599. The van der Waals surface area contributed by atoms with Crippen molar-refractivity contribution >= 4 is 0 Å². The minimum Gasteiger partial charge on any atom is -0.508 e. The van der Waals surface area contributed by atoms with Crippen LogP contribution in [0.25, 0.3) is 0 Å². The number of phenolic OH excluding ortho intramolecular Hbond substituents is 6. The van der Waals surface area contributed by atoms with Crippen LogP contribution in [0.4, 0.5) is 0 Å². The summed E-state index contributed by atoms with van der Waals surface area (Å²) in [6.07, 6.45) is 0.511. The molecule has 2 atom stereocenters. The first-order valence-corrected chi connectivity index (χ1v) is 11.1. The summed E-state index contributed by atoms with van der Waals surface area (Å²) >= 11 is 0. The van der Waals surface area contributed by atoms with Crippen LogP contribution >= 0.6 is 0 Å². The Kier molecular flexibility index (Phi) is 5.53. The van der Waals surface area contributed by atoms with Gasteiger partial charge in [-0.15, -0.1) is 0 Å². The number of rotatable bonds is 5. The number of hydrogen-bond donors (Lipinski definition) is 6. The van der Waals surface area contributed by atoms with E-state index in [1.807, 2.05) is 18.2 Å². The first-order chi connectivity index (χ1) is 16.8. The molecule has 0 bridgehead atoms. The molecule has 4 aromatic rings. The van der Waals surface area contributed by atoms with E-state index in [0.29, 0.717) is 35.3 Å². The third-order valence-electron chi connectivity index (χ3n) is 6.29. The van der Waals surface area contributed by atoms with Crippen molar-refractivity contribution in [3.8, 4) is 40.2 Å². The van der Waals surface area contributed by atoms with Gasteiger partial charge in [-0.3, -0.25) is 0 Å².